The van der Waals surface area contributed by atoms with E-state index in [-0.39, 0.29) is 20.0 Å². The maximum absolute atomic E-state index is 11.3. The number of thiophene rings is 2. The van der Waals surface area contributed by atoms with Crippen molar-refractivity contribution >= 4 is 28.6 Å². The second-order valence-electron chi connectivity index (χ2n) is 6.81. The fourth-order valence-electron chi connectivity index (χ4n) is 2.76. The Hall–Kier alpha value is -2.73. The number of hydrogen-bond acceptors (Lipinski definition) is 5. The van der Waals surface area contributed by atoms with E-state index in [0.29, 0.717) is 4.88 Å². The molecule has 1 N–H and O–H groups in total. The van der Waals surface area contributed by atoms with Crippen LogP contribution in [0.3, 0.4) is 0 Å². The Kier molecular flexibility index (Phi) is 9.19. The maximum atomic E-state index is 11.3. The van der Waals surface area contributed by atoms with Gasteiger partial charge in [0.1, 0.15) is 4.88 Å². The van der Waals surface area contributed by atoms with Crippen LogP contribution in [0.1, 0.15) is 33.1 Å². The molecule has 0 unspecified atom stereocenters. The highest BCUT2D eigenvalue weighted by Crippen LogP contribution is 2.29. The average molecular weight is 453 g/mol. The first-order valence-electron chi connectivity index (χ1n) is 9.52. The Morgan fingerprint density at radius 1 is 0.774 bits per heavy atom. The molecular weight excluding hydrogens is 424 g/mol. The van der Waals surface area contributed by atoms with E-state index in [1.54, 1.807) is 17.4 Å². The molecule has 0 aliphatic rings. The highest BCUT2D eigenvalue weighted by molar-refractivity contribution is 7.17. The molecule has 0 aliphatic heterocycles. The Bertz CT molecular complexity index is 1090. The summed E-state index contributed by atoms with van der Waals surface area (Å²) in [5.41, 5.74) is 4.85. The van der Waals surface area contributed by atoms with Gasteiger partial charge in [-0.15, -0.1) is 22.7 Å². The highest BCUT2D eigenvalue weighted by atomic mass is 32.1. The summed E-state index contributed by atoms with van der Waals surface area (Å²) in [6.07, 6.45) is 0. The van der Waals surface area contributed by atoms with E-state index in [4.69, 9.17) is 5.11 Å². The summed E-state index contributed by atoms with van der Waals surface area (Å²) < 4.78 is 4.68. The molecule has 31 heavy (non-hydrogen) atoms. The Morgan fingerprint density at radius 2 is 1.26 bits per heavy atom. The van der Waals surface area contributed by atoms with Crippen LogP contribution in [-0.4, -0.2) is 18.2 Å². The molecule has 0 spiro atoms. The summed E-state index contributed by atoms with van der Waals surface area (Å²) in [4.78, 5) is 15.3. The standard InChI is InChI=1S/C13H12O2S.C12H12OS.CH4/c1-9-3-5-10(6-4-9)11-7-8-12(16-11)13(14)15-2;1-9-2-4-10(5-3-9)12-7-6-11(8-13)14-12;/h3-8H,1-2H3;2-7,13H,8H2,1H3;1H4. The summed E-state index contributed by atoms with van der Waals surface area (Å²) in [5, 5.41) is 8.95. The lowest BCUT2D eigenvalue weighted by Gasteiger charge is -1.97. The fraction of sp³-hybridized carbons (Fsp3) is 0.192. The van der Waals surface area contributed by atoms with E-state index in [1.807, 2.05) is 12.1 Å². The van der Waals surface area contributed by atoms with Gasteiger partial charge in [-0.05, 0) is 49.2 Å². The second-order valence-corrected chi connectivity index (χ2v) is 9.06. The van der Waals surface area contributed by atoms with Gasteiger partial charge in [0.25, 0.3) is 0 Å². The number of rotatable bonds is 4. The van der Waals surface area contributed by atoms with Crippen LogP contribution in [0, 0.1) is 13.8 Å². The Labute approximate surface area is 192 Å². The van der Waals surface area contributed by atoms with Crippen molar-refractivity contribution in [3.63, 3.8) is 0 Å². The number of carbonyl (C=O) groups excluding carboxylic acids is 1. The van der Waals surface area contributed by atoms with Crippen molar-refractivity contribution in [3.05, 3.63) is 93.7 Å². The number of ether oxygens (including phenoxy) is 1. The van der Waals surface area contributed by atoms with E-state index in [2.05, 4.69) is 73.2 Å². The number of hydrogen-bond donors (Lipinski definition) is 1. The third-order valence-corrected chi connectivity index (χ3v) is 6.72. The topological polar surface area (TPSA) is 46.5 Å². The van der Waals surface area contributed by atoms with Crippen LogP contribution in [0.15, 0.2) is 72.8 Å². The molecule has 2 aromatic carbocycles. The molecule has 0 radical (unpaired) electrons. The first kappa shape index (κ1) is 24.5. The van der Waals surface area contributed by atoms with Crippen molar-refractivity contribution in [2.45, 2.75) is 27.9 Å². The zero-order valence-corrected chi connectivity index (χ0v) is 18.8. The monoisotopic (exact) mass is 452 g/mol. The van der Waals surface area contributed by atoms with Crippen LogP contribution in [0.25, 0.3) is 20.9 Å². The molecule has 4 rings (SSSR count). The van der Waals surface area contributed by atoms with E-state index in [0.717, 1.165) is 15.3 Å². The summed E-state index contributed by atoms with van der Waals surface area (Å²) in [7, 11) is 1.40. The molecule has 2 heterocycles. The number of aliphatic hydroxyl groups is 1. The van der Waals surface area contributed by atoms with Crippen LogP contribution in [-0.2, 0) is 11.3 Å². The number of carbonyl (C=O) groups is 1. The third-order valence-electron chi connectivity index (χ3n) is 4.48. The fourth-order valence-corrected chi connectivity index (χ4v) is 4.56. The van der Waals surface area contributed by atoms with Gasteiger partial charge in [-0.1, -0.05) is 67.1 Å². The molecule has 0 saturated carbocycles. The van der Waals surface area contributed by atoms with Gasteiger partial charge in [-0.2, -0.15) is 0 Å². The number of aryl methyl sites for hydroxylation is 2. The normalized spacial score (nSPS) is 9.94. The molecule has 0 amide bonds. The van der Waals surface area contributed by atoms with Crippen LogP contribution < -0.4 is 0 Å². The highest BCUT2D eigenvalue weighted by Gasteiger charge is 2.09. The Balaban J connectivity index is 0.000000215. The SMILES string of the molecule is C.COC(=O)c1ccc(-c2ccc(C)cc2)s1.Cc1ccc(-c2ccc(CO)s2)cc1. The van der Waals surface area contributed by atoms with Gasteiger partial charge in [0, 0.05) is 14.6 Å². The molecule has 0 fully saturated rings. The second kappa shape index (κ2) is 11.6. The van der Waals surface area contributed by atoms with Gasteiger partial charge >= 0.3 is 5.97 Å². The lowest BCUT2D eigenvalue weighted by atomic mass is 10.1. The average Bonchev–Trinajstić information content (AvgIpc) is 3.45. The van der Waals surface area contributed by atoms with Gasteiger partial charge in [0.05, 0.1) is 13.7 Å². The quantitative estimate of drug-likeness (QED) is 0.329. The van der Waals surface area contributed by atoms with Crippen LogP contribution in [0.5, 0.6) is 0 Å². The number of methoxy groups -OCH3 is 1. The zero-order chi connectivity index (χ0) is 21.5. The molecule has 0 saturated heterocycles. The third kappa shape index (κ3) is 6.62. The summed E-state index contributed by atoms with van der Waals surface area (Å²) in [5.74, 6) is -0.275. The van der Waals surface area contributed by atoms with Crippen molar-refractivity contribution < 1.29 is 14.6 Å². The molecule has 4 aromatic rings. The van der Waals surface area contributed by atoms with Gasteiger partial charge in [-0.3, -0.25) is 0 Å². The number of esters is 1. The van der Waals surface area contributed by atoms with E-state index in [1.165, 1.54) is 40.0 Å². The zero-order valence-electron chi connectivity index (χ0n) is 17.2. The minimum atomic E-state index is -0.275. The van der Waals surface area contributed by atoms with Gasteiger partial charge in [0.15, 0.2) is 0 Å². The molecule has 5 heteroatoms. The predicted octanol–water partition coefficient (Wildman–Crippen LogP) is 7.36. The van der Waals surface area contributed by atoms with Crippen molar-refractivity contribution in [1.82, 2.24) is 0 Å². The molecule has 0 bridgehead atoms. The summed E-state index contributed by atoms with van der Waals surface area (Å²) in [6, 6.07) is 24.4. The predicted molar refractivity (Wildman–Crippen MR) is 133 cm³/mol. The van der Waals surface area contributed by atoms with Gasteiger partial charge < -0.3 is 9.84 Å². The van der Waals surface area contributed by atoms with Crippen molar-refractivity contribution in [2.75, 3.05) is 7.11 Å². The first-order valence-corrected chi connectivity index (χ1v) is 11.1. The van der Waals surface area contributed by atoms with Crippen LogP contribution in [0.2, 0.25) is 0 Å². The van der Waals surface area contributed by atoms with Crippen molar-refractivity contribution in [3.8, 4) is 20.9 Å². The Morgan fingerprint density at radius 3 is 1.71 bits per heavy atom. The number of aliphatic hydroxyl groups excluding tert-OH is 1. The van der Waals surface area contributed by atoms with E-state index < -0.39 is 0 Å². The smallest absolute Gasteiger partial charge is 0.348 e. The first-order chi connectivity index (χ1) is 14.5. The molecule has 162 valence electrons. The molecule has 0 atom stereocenters. The molecule has 0 aliphatic carbocycles. The minimum absolute atomic E-state index is 0. The maximum Gasteiger partial charge on any atom is 0.348 e. The number of benzene rings is 2. The molecule has 3 nitrogen and oxygen atoms in total. The van der Waals surface area contributed by atoms with Gasteiger partial charge in [0.2, 0.25) is 0 Å². The summed E-state index contributed by atoms with van der Waals surface area (Å²) in [6.45, 7) is 4.27. The lowest BCUT2D eigenvalue weighted by Crippen LogP contribution is -1.96. The lowest BCUT2D eigenvalue weighted by molar-refractivity contribution is 0.0606. The largest absolute Gasteiger partial charge is 0.465 e. The van der Waals surface area contributed by atoms with Crippen LogP contribution >= 0.6 is 22.7 Å². The van der Waals surface area contributed by atoms with Crippen molar-refractivity contribution in [2.24, 2.45) is 0 Å². The van der Waals surface area contributed by atoms with Crippen molar-refractivity contribution in [1.29, 1.82) is 0 Å². The van der Waals surface area contributed by atoms with Gasteiger partial charge in [-0.25, -0.2) is 4.79 Å². The molecule has 2 aromatic heterocycles. The van der Waals surface area contributed by atoms with E-state index in [9.17, 15) is 4.79 Å². The molecular formula is C26H28O3S2. The summed E-state index contributed by atoms with van der Waals surface area (Å²) >= 11 is 3.09. The van der Waals surface area contributed by atoms with E-state index >= 15 is 0 Å². The minimum Gasteiger partial charge on any atom is -0.465 e. The van der Waals surface area contributed by atoms with Crippen LogP contribution in [0.4, 0.5) is 0 Å².